The lowest BCUT2D eigenvalue weighted by Gasteiger charge is -1.83. The van der Waals surface area contributed by atoms with E-state index < -0.39 is 6.03 Å². The van der Waals surface area contributed by atoms with E-state index in [0.29, 0.717) is 0 Å². The highest BCUT2D eigenvalue weighted by Crippen LogP contribution is 1.49. The molecule has 0 aliphatic heterocycles. The molecular weight excluding hydrogens is 104 g/mol. The quantitative estimate of drug-likeness (QED) is 0.482. The summed E-state index contributed by atoms with van der Waals surface area (Å²) in [5.74, 6) is 0. The summed E-state index contributed by atoms with van der Waals surface area (Å²) in [4.78, 5) is 9.64. The summed E-state index contributed by atoms with van der Waals surface area (Å²) in [7, 11) is 0. The molecule has 3 N–H and O–H groups in total. The number of hydrogen-bond donors (Lipinski definition) is 2. The van der Waals surface area contributed by atoms with Crippen LogP contribution in [0.15, 0.2) is 25.9 Å². The molecule has 0 rings (SSSR count). The summed E-state index contributed by atoms with van der Waals surface area (Å²) >= 11 is 0. The summed E-state index contributed by atoms with van der Waals surface area (Å²) in [6.07, 6.45) is 1.22. The number of rotatable bonds is 1. The lowest BCUT2D eigenvalue weighted by molar-refractivity contribution is 0.252. The second kappa shape index (κ2) is 9.23. The van der Waals surface area contributed by atoms with E-state index in [4.69, 9.17) is 0 Å². The monoisotopic (exact) mass is 114 g/mol. The van der Waals surface area contributed by atoms with Gasteiger partial charge in [-0.25, -0.2) is 4.79 Å². The van der Waals surface area contributed by atoms with Crippen LogP contribution in [-0.2, 0) is 0 Å². The molecule has 3 nitrogen and oxygen atoms in total. The first-order valence-corrected chi connectivity index (χ1v) is 1.94. The van der Waals surface area contributed by atoms with Crippen LogP contribution in [0.4, 0.5) is 4.79 Å². The van der Waals surface area contributed by atoms with Gasteiger partial charge in [0, 0.05) is 0 Å². The van der Waals surface area contributed by atoms with Gasteiger partial charge in [-0.2, -0.15) is 0 Å². The smallest absolute Gasteiger partial charge is 0.316 e. The third-order valence-electron chi connectivity index (χ3n) is 0.244. The summed E-state index contributed by atoms with van der Waals surface area (Å²) < 4.78 is 0. The maximum absolute atomic E-state index is 9.64. The van der Waals surface area contributed by atoms with Crippen molar-refractivity contribution < 1.29 is 4.79 Å². The Bertz CT molecular complexity index is 80.5. The number of carbonyl (C=O) groups excluding carboxylic acids is 1. The van der Waals surface area contributed by atoms with Crippen molar-refractivity contribution in [3.63, 3.8) is 0 Å². The number of urea groups is 1. The van der Waals surface area contributed by atoms with Crippen LogP contribution in [-0.4, -0.2) is 6.03 Å². The van der Waals surface area contributed by atoms with Crippen LogP contribution in [0.5, 0.6) is 0 Å². The Kier molecular flexibility index (Phi) is 11.4. The van der Waals surface area contributed by atoms with Crippen LogP contribution in [0.2, 0.25) is 0 Å². The van der Waals surface area contributed by atoms with E-state index in [1.54, 1.807) is 0 Å². The van der Waals surface area contributed by atoms with Crippen molar-refractivity contribution in [2.75, 3.05) is 0 Å². The number of nitrogens with one attached hydrogen (secondary N) is 1. The molecule has 0 bridgehead atoms. The molecule has 0 aromatic rings. The van der Waals surface area contributed by atoms with Crippen LogP contribution >= 0.6 is 0 Å². The Morgan fingerprint density at radius 1 is 1.62 bits per heavy atom. The molecule has 0 saturated carbocycles. The van der Waals surface area contributed by atoms with Gasteiger partial charge in [0.25, 0.3) is 0 Å². The summed E-state index contributed by atoms with van der Waals surface area (Å²) in [5, 5.41) is 2.11. The van der Waals surface area contributed by atoms with Crippen molar-refractivity contribution in [1.29, 1.82) is 0 Å². The predicted molar refractivity (Wildman–Crippen MR) is 34.2 cm³/mol. The zero-order valence-electron chi connectivity index (χ0n) is 4.68. The lowest BCUT2D eigenvalue weighted by Crippen LogP contribution is -2.23. The van der Waals surface area contributed by atoms with Gasteiger partial charge in [-0.05, 0) is 6.20 Å². The largest absolute Gasteiger partial charge is 0.351 e. The number of amides is 2. The highest BCUT2D eigenvalue weighted by atomic mass is 16.2. The van der Waals surface area contributed by atoms with Gasteiger partial charge in [0.05, 0.1) is 0 Å². The molecule has 3 heteroatoms. The molecule has 0 saturated heterocycles. The topological polar surface area (TPSA) is 55.1 Å². The fourth-order valence-corrected chi connectivity index (χ4v) is 0.101. The van der Waals surface area contributed by atoms with Crippen LogP contribution in [0, 0.1) is 0 Å². The van der Waals surface area contributed by atoms with Gasteiger partial charge in [-0.1, -0.05) is 6.58 Å². The van der Waals surface area contributed by atoms with Gasteiger partial charge in [0.2, 0.25) is 0 Å². The minimum atomic E-state index is -0.579. The molecule has 0 aliphatic rings. The van der Waals surface area contributed by atoms with E-state index in [1.807, 2.05) is 0 Å². The molecule has 0 aromatic carbocycles. The maximum Gasteiger partial charge on any atom is 0.316 e. The molecule has 0 radical (unpaired) electrons. The molecule has 0 aromatic heterocycles. The molecule has 0 heterocycles. The van der Waals surface area contributed by atoms with Crippen molar-refractivity contribution in [3.8, 4) is 0 Å². The van der Waals surface area contributed by atoms with E-state index >= 15 is 0 Å². The summed E-state index contributed by atoms with van der Waals surface area (Å²) in [6.45, 7) is 9.19. The molecule has 46 valence electrons. The van der Waals surface area contributed by atoms with Crippen molar-refractivity contribution in [2.24, 2.45) is 5.73 Å². The molecule has 0 atom stereocenters. The van der Waals surface area contributed by atoms with Crippen LogP contribution in [0.3, 0.4) is 0 Å². The van der Waals surface area contributed by atoms with Gasteiger partial charge in [-0.15, -0.1) is 13.2 Å². The summed E-state index contributed by atoms with van der Waals surface area (Å²) in [6, 6.07) is -0.579. The highest BCUT2D eigenvalue weighted by Gasteiger charge is 1.76. The summed E-state index contributed by atoms with van der Waals surface area (Å²) in [5.41, 5.74) is 4.58. The number of carbonyl (C=O) groups is 1. The Morgan fingerprint density at radius 2 is 2.00 bits per heavy atom. The molecule has 8 heavy (non-hydrogen) atoms. The molecule has 0 aliphatic carbocycles. The third-order valence-corrected chi connectivity index (χ3v) is 0.244. The van der Waals surface area contributed by atoms with E-state index in [9.17, 15) is 4.79 Å². The Balaban J connectivity index is 0. The molecular formula is C5H10N2O. The van der Waals surface area contributed by atoms with Crippen molar-refractivity contribution in [3.05, 3.63) is 25.9 Å². The van der Waals surface area contributed by atoms with Gasteiger partial charge >= 0.3 is 6.03 Å². The van der Waals surface area contributed by atoms with Crippen LogP contribution < -0.4 is 11.1 Å². The average molecular weight is 114 g/mol. The Labute approximate surface area is 48.9 Å². The SMILES string of the molecule is C=C.C=CNC(N)=O. The number of hydrogen-bond acceptors (Lipinski definition) is 1. The number of primary amides is 1. The van der Waals surface area contributed by atoms with Gasteiger partial charge < -0.3 is 11.1 Å². The minimum absolute atomic E-state index is 0.579. The van der Waals surface area contributed by atoms with E-state index in [1.165, 1.54) is 6.20 Å². The van der Waals surface area contributed by atoms with E-state index in [0.717, 1.165) is 0 Å². The predicted octanol–water partition coefficient (Wildman–Crippen LogP) is 0.600. The van der Waals surface area contributed by atoms with Crippen molar-refractivity contribution in [1.82, 2.24) is 5.32 Å². The van der Waals surface area contributed by atoms with Crippen molar-refractivity contribution in [2.45, 2.75) is 0 Å². The first-order chi connectivity index (χ1) is 3.77. The highest BCUT2D eigenvalue weighted by molar-refractivity contribution is 5.72. The first kappa shape index (κ1) is 9.89. The number of nitrogens with two attached hydrogens (primary N) is 1. The molecule has 0 unspecified atom stereocenters. The van der Waals surface area contributed by atoms with E-state index in [2.05, 4.69) is 30.8 Å². The second-order valence-corrected chi connectivity index (χ2v) is 0.713. The second-order valence-electron chi connectivity index (χ2n) is 0.713. The van der Waals surface area contributed by atoms with E-state index in [-0.39, 0.29) is 0 Å². The zero-order valence-corrected chi connectivity index (χ0v) is 4.68. The minimum Gasteiger partial charge on any atom is -0.351 e. The van der Waals surface area contributed by atoms with Gasteiger partial charge in [-0.3, -0.25) is 0 Å². The van der Waals surface area contributed by atoms with Crippen LogP contribution in [0.25, 0.3) is 0 Å². The standard InChI is InChI=1S/C3H6N2O.C2H4/c1-2-5-3(4)6;1-2/h2H,1H2,(H3,4,5,6);1-2H2. The first-order valence-electron chi connectivity index (χ1n) is 1.94. The van der Waals surface area contributed by atoms with Gasteiger partial charge in [0.15, 0.2) is 0 Å². The maximum atomic E-state index is 9.64. The lowest BCUT2D eigenvalue weighted by atomic mass is 10.9. The Morgan fingerprint density at radius 3 is 2.00 bits per heavy atom. The molecule has 2 amide bonds. The third kappa shape index (κ3) is 21.8. The fraction of sp³-hybridized carbons (Fsp3) is 0. The van der Waals surface area contributed by atoms with Crippen molar-refractivity contribution >= 4 is 6.03 Å². The van der Waals surface area contributed by atoms with Crippen LogP contribution in [0.1, 0.15) is 0 Å². The average Bonchev–Trinajstić information content (AvgIpc) is 1.72. The fourth-order valence-electron chi connectivity index (χ4n) is 0.101. The molecule has 0 fully saturated rings. The molecule has 0 spiro atoms. The normalized spacial score (nSPS) is 5.50. The zero-order chi connectivity index (χ0) is 6.99. The van der Waals surface area contributed by atoms with Gasteiger partial charge in [0.1, 0.15) is 0 Å². The Hall–Kier alpha value is -1.25.